The molecule has 2 rings (SSSR count). The molecule has 0 radical (unpaired) electrons. The summed E-state index contributed by atoms with van der Waals surface area (Å²) in [7, 11) is 0. The van der Waals surface area contributed by atoms with Crippen molar-refractivity contribution in [2.24, 2.45) is 5.92 Å². The van der Waals surface area contributed by atoms with Gasteiger partial charge in [-0.1, -0.05) is 19.9 Å². The summed E-state index contributed by atoms with van der Waals surface area (Å²) in [6.45, 7) is 13.0. The molecule has 0 spiro atoms. The molecule has 1 aromatic heterocycles. The van der Waals surface area contributed by atoms with E-state index >= 15 is 0 Å². The number of piperazine rings is 1. The maximum Gasteiger partial charge on any atom is 0.317 e. The largest absolute Gasteiger partial charge is 0.379 e. The Bertz CT molecular complexity index is 515. The molecule has 0 saturated carbocycles. The van der Waals surface area contributed by atoms with Crippen molar-refractivity contribution in [3.8, 4) is 0 Å². The molecule has 140 valence electrons. The normalized spacial score (nSPS) is 18.2. The predicted molar refractivity (Wildman–Crippen MR) is 99.4 cm³/mol. The van der Waals surface area contributed by atoms with Crippen molar-refractivity contribution < 1.29 is 9.53 Å². The quantitative estimate of drug-likeness (QED) is 0.823. The van der Waals surface area contributed by atoms with Crippen molar-refractivity contribution in [1.29, 1.82) is 0 Å². The molecule has 0 aliphatic carbocycles. The summed E-state index contributed by atoms with van der Waals surface area (Å²) in [5, 5.41) is 3.03. The van der Waals surface area contributed by atoms with Gasteiger partial charge in [0, 0.05) is 51.2 Å². The van der Waals surface area contributed by atoms with Gasteiger partial charge in [-0.3, -0.25) is 9.88 Å². The van der Waals surface area contributed by atoms with E-state index in [1.165, 1.54) is 5.56 Å². The van der Waals surface area contributed by atoms with Crippen molar-refractivity contribution in [3.05, 3.63) is 30.1 Å². The van der Waals surface area contributed by atoms with Gasteiger partial charge in [-0.05, 0) is 31.4 Å². The first-order valence-corrected chi connectivity index (χ1v) is 9.24. The van der Waals surface area contributed by atoms with Gasteiger partial charge in [0.15, 0.2) is 0 Å². The summed E-state index contributed by atoms with van der Waals surface area (Å²) in [5.74, 6) is 0.512. The maximum atomic E-state index is 12.4. The topological polar surface area (TPSA) is 57.7 Å². The Balaban J connectivity index is 1.73. The fourth-order valence-electron chi connectivity index (χ4n) is 2.97. The summed E-state index contributed by atoms with van der Waals surface area (Å²) in [5.41, 5.74) is 1.22. The van der Waals surface area contributed by atoms with Crippen molar-refractivity contribution in [2.45, 2.75) is 39.8 Å². The van der Waals surface area contributed by atoms with E-state index < -0.39 is 0 Å². The summed E-state index contributed by atoms with van der Waals surface area (Å²) in [4.78, 5) is 20.9. The molecule has 1 aliphatic heterocycles. The van der Waals surface area contributed by atoms with E-state index in [1.807, 2.05) is 24.1 Å². The highest BCUT2D eigenvalue weighted by Gasteiger charge is 2.25. The van der Waals surface area contributed by atoms with Crippen molar-refractivity contribution >= 4 is 6.03 Å². The second-order valence-corrected chi connectivity index (χ2v) is 7.27. The van der Waals surface area contributed by atoms with E-state index in [4.69, 9.17) is 4.74 Å². The number of ether oxygens (including phenoxy) is 1. The number of hydrogen-bond donors (Lipinski definition) is 1. The van der Waals surface area contributed by atoms with Crippen LogP contribution in [0.2, 0.25) is 0 Å². The number of aromatic nitrogens is 1. The van der Waals surface area contributed by atoms with Gasteiger partial charge in [0.05, 0.1) is 12.6 Å². The molecule has 1 N–H and O–H groups in total. The molecule has 25 heavy (non-hydrogen) atoms. The van der Waals surface area contributed by atoms with E-state index in [-0.39, 0.29) is 12.1 Å². The molecule has 2 heterocycles. The van der Waals surface area contributed by atoms with E-state index in [0.29, 0.717) is 18.6 Å². The Morgan fingerprint density at radius 1 is 1.20 bits per heavy atom. The second kappa shape index (κ2) is 9.73. The smallest absolute Gasteiger partial charge is 0.317 e. The van der Waals surface area contributed by atoms with Crippen LogP contribution in [0, 0.1) is 5.92 Å². The molecule has 6 nitrogen and oxygen atoms in total. The number of hydrogen-bond acceptors (Lipinski definition) is 4. The first kappa shape index (κ1) is 19.7. The minimum atomic E-state index is 0.00864. The van der Waals surface area contributed by atoms with Crippen molar-refractivity contribution in [2.75, 3.05) is 39.4 Å². The highest BCUT2D eigenvalue weighted by Crippen LogP contribution is 2.20. The first-order chi connectivity index (χ1) is 12.0. The lowest BCUT2D eigenvalue weighted by atomic mass is 10.1. The Morgan fingerprint density at radius 3 is 2.52 bits per heavy atom. The Morgan fingerprint density at radius 2 is 1.92 bits per heavy atom. The van der Waals surface area contributed by atoms with Crippen LogP contribution in [-0.4, -0.2) is 66.2 Å². The maximum absolute atomic E-state index is 12.4. The SMILES string of the molecule is CC(C)COC[C@H](C)NC(=O)N1CCN([C@@H](C)c2cccnc2)CC1. The van der Waals surface area contributed by atoms with Gasteiger partial charge in [0.1, 0.15) is 0 Å². The van der Waals surface area contributed by atoms with Gasteiger partial charge in [0.2, 0.25) is 0 Å². The van der Waals surface area contributed by atoms with Crippen LogP contribution in [0.1, 0.15) is 39.3 Å². The molecule has 2 amide bonds. The van der Waals surface area contributed by atoms with Crippen LogP contribution in [0.4, 0.5) is 4.79 Å². The number of nitrogens with one attached hydrogen (secondary N) is 1. The third kappa shape index (κ3) is 6.29. The molecule has 6 heteroatoms. The number of amides is 2. The third-order valence-corrected chi connectivity index (χ3v) is 4.50. The van der Waals surface area contributed by atoms with Gasteiger partial charge in [-0.2, -0.15) is 0 Å². The molecule has 2 atom stereocenters. The van der Waals surface area contributed by atoms with Crippen molar-refractivity contribution in [3.63, 3.8) is 0 Å². The molecular formula is C19H32N4O2. The number of carbonyl (C=O) groups is 1. The standard InChI is InChI=1S/C19H32N4O2/c1-15(2)13-25-14-16(3)21-19(24)23-10-8-22(9-11-23)17(4)18-6-5-7-20-12-18/h5-7,12,15-17H,8-11,13-14H2,1-4H3,(H,21,24)/t16-,17-/m0/s1. The molecule has 1 aromatic rings. The second-order valence-electron chi connectivity index (χ2n) is 7.27. The lowest BCUT2D eigenvalue weighted by Gasteiger charge is -2.38. The Hall–Kier alpha value is -1.66. The highest BCUT2D eigenvalue weighted by atomic mass is 16.5. The molecule has 1 aliphatic rings. The number of urea groups is 1. The van der Waals surface area contributed by atoms with E-state index in [9.17, 15) is 4.79 Å². The minimum absolute atomic E-state index is 0.00864. The number of carbonyl (C=O) groups excluding carboxylic acids is 1. The van der Waals surface area contributed by atoms with Crippen LogP contribution in [0.25, 0.3) is 0 Å². The van der Waals surface area contributed by atoms with E-state index in [0.717, 1.165) is 32.8 Å². The zero-order valence-corrected chi connectivity index (χ0v) is 15.9. The molecule has 1 fully saturated rings. The number of pyridine rings is 1. The lowest BCUT2D eigenvalue weighted by Crippen LogP contribution is -2.53. The van der Waals surface area contributed by atoms with Crippen LogP contribution >= 0.6 is 0 Å². The monoisotopic (exact) mass is 348 g/mol. The number of nitrogens with zero attached hydrogens (tertiary/aromatic N) is 3. The van der Waals surface area contributed by atoms with Crippen LogP contribution in [-0.2, 0) is 4.74 Å². The fraction of sp³-hybridized carbons (Fsp3) is 0.684. The van der Waals surface area contributed by atoms with E-state index in [2.05, 4.69) is 42.0 Å². The van der Waals surface area contributed by atoms with Gasteiger partial charge < -0.3 is 15.0 Å². The minimum Gasteiger partial charge on any atom is -0.379 e. The molecule has 0 aromatic carbocycles. The first-order valence-electron chi connectivity index (χ1n) is 9.24. The Kier molecular flexibility index (Phi) is 7.65. The van der Waals surface area contributed by atoms with Crippen LogP contribution in [0.3, 0.4) is 0 Å². The van der Waals surface area contributed by atoms with E-state index in [1.54, 1.807) is 6.20 Å². The van der Waals surface area contributed by atoms with Gasteiger partial charge >= 0.3 is 6.03 Å². The molecule has 0 bridgehead atoms. The van der Waals surface area contributed by atoms with Crippen molar-refractivity contribution in [1.82, 2.24) is 20.1 Å². The van der Waals surface area contributed by atoms with Crippen LogP contribution < -0.4 is 5.32 Å². The lowest BCUT2D eigenvalue weighted by molar-refractivity contribution is 0.0873. The molecular weight excluding hydrogens is 316 g/mol. The summed E-state index contributed by atoms with van der Waals surface area (Å²) in [6.07, 6.45) is 3.72. The highest BCUT2D eigenvalue weighted by molar-refractivity contribution is 5.74. The number of rotatable bonds is 7. The molecule has 1 saturated heterocycles. The third-order valence-electron chi connectivity index (χ3n) is 4.50. The van der Waals surface area contributed by atoms with Crippen LogP contribution in [0.5, 0.6) is 0 Å². The summed E-state index contributed by atoms with van der Waals surface area (Å²) in [6, 6.07) is 4.43. The summed E-state index contributed by atoms with van der Waals surface area (Å²) >= 11 is 0. The predicted octanol–water partition coefficient (Wildman–Crippen LogP) is 2.53. The summed E-state index contributed by atoms with van der Waals surface area (Å²) < 4.78 is 5.60. The van der Waals surface area contributed by atoms with Crippen LogP contribution in [0.15, 0.2) is 24.5 Å². The Labute approximate surface area is 151 Å². The van der Waals surface area contributed by atoms with Gasteiger partial charge in [-0.25, -0.2) is 4.79 Å². The average Bonchev–Trinajstić information content (AvgIpc) is 2.61. The zero-order valence-electron chi connectivity index (χ0n) is 15.9. The average molecular weight is 348 g/mol. The molecule has 0 unspecified atom stereocenters. The zero-order chi connectivity index (χ0) is 18.2. The van der Waals surface area contributed by atoms with Gasteiger partial charge in [0.25, 0.3) is 0 Å². The fourth-order valence-corrected chi connectivity index (χ4v) is 2.97. The van der Waals surface area contributed by atoms with Gasteiger partial charge in [-0.15, -0.1) is 0 Å².